The third kappa shape index (κ3) is 6.27. The Balaban J connectivity index is 0.000000288. The van der Waals surface area contributed by atoms with Crippen molar-refractivity contribution in [1.29, 1.82) is 0 Å². The fourth-order valence-corrected chi connectivity index (χ4v) is 0.556. The Morgan fingerprint density at radius 2 is 1.62 bits per heavy atom. The molecular weight excluding hydrogens is 224 g/mol. The zero-order valence-electron chi connectivity index (χ0n) is 7.82. The Kier molecular flexibility index (Phi) is 5.42. The number of carbonyl (C=O) groups excluding carboxylic acids is 2. The molecular formula is C8H8O8. The van der Waals surface area contributed by atoms with Gasteiger partial charge in [-0.1, -0.05) is 0 Å². The molecule has 0 aromatic heterocycles. The van der Waals surface area contributed by atoms with Crippen molar-refractivity contribution in [3.63, 3.8) is 0 Å². The average Bonchev–Trinajstić information content (AvgIpc) is 2.49. The topological polar surface area (TPSA) is 138 Å². The van der Waals surface area contributed by atoms with Gasteiger partial charge in [-0.2, -0.15) is 0 Å². The molecule has 1 aliphatic heterocycles. The Morgan fingerprint density at radius 3 is 1.75 bits per heavy atom. The highest BCUT2D eigenvalue weighted by molar-refractivity contribution is 6.04. The first kappa shape index (κ1) is 13.8. The first-order valence-electron chi connectivity index (χ1n) is 3.89. The summed E-state index contributed by atoms with van der Waals surface area (Å²) in [6.07, 6.45) is -0.373. The van der Waals surface area contributed by atoms with Gasteiger partial charge in [0.1, 0.15) is 0 Å². The van der Waals surface area contributed by atoms with Crippen molar-refractivity contribution in [3.8, 4) is 0 Å². The SMILES string of the molecule is O=C(O)CC(O)C(=O)O.O=C1C=CC(=O)O1. The number of aliphatic carboxylic acids is 2. The number of carboxylic acid groups (broad SMARTS) is 2. The lowest BCUT2D eigenvalue weighted by molar-refractivity contribution is -0.153. The van der Waals surface area contributed by atoms with Gasteiger partial charge in [0.2, 0.25) is 0 Å². The van der Waals surface area contributed by atoms with E-state index in [1.807, 2.05) is 0 Å². The van der Waals surface area contributed by atoms with Crippen LogP contribution in [0.5, 0.6) is 0 Å². The van der Waals surface area contributed by atoms with Crippen molar-refractivity contribution in [2.45, 2.75) is 12.5 Å². The minimum absolute atomic E-state index is 0.579. The van der Waals surface area contributed by atoms with Crippen LogP contribution in [-0.2, 0) is 23.9 Å². The summed E-state index contributed by atoms with van der Waals surface area (Å²) in [5.74, 6) is -4.00. The van der Waals surface area contributed by atoms with E-state index < -0.39 is 36.4 Å². The van der Waals surface area contributed by atoms with Gasteiger partial charge in [0.25, 0.3) is 0 Å². The summed E-state index contributed by atoms with van der Waals surface area (Å²) in [7, 11) is 0. The van der Waals surface area contributed by atoms with E-state index in [1.54, 1.807) is 0 Å². The van der Waals surface area contributed by atoms with Gasteiger partial charge >= 0.3 is 23.9 Å². The highest BCUT2D eigenvalue weighted by atomic mass is 16.6. The maximum atomic E-state index is 9.92. The molecule has 0 bridgehead atoms. The lowest BCUT2D eigenvalue weighted by Crippen LogP contribution is -2.22. The molecule has 0 radical (unpaired) electrons. The van der Waals surface area contributed by atoms with Gasteiger partial charge in [0.15, 0.2) is 6.10 Å². The van der Waals surface area contributed by atoms with Crippen LogP contribution in [0.25, 0.3) is 0 Å². The maximum absolute atomic E-state index is 9.92. The van der Waals surface area contributed by atoms with Crippen molar-refractivity contribution in [2.24, 2.45) is 0 Å². The zero-order chi connectivity index (χ0) is 12.7. The molecule has 8 nitrogen and oxygen atoms in total. The van der Waals surface area contributed by atoms with Crippen LogP contribution in [0.15, 0.2) is 12.2 Å². The third-order valence-corrected chi connectivity index (χ3v) is 1.21. The van der Waals surface area contributed by atoms with E-state index in [0.29, 0.717) is 0 Å². The van der Waals surface area contributed by atoms with Crippen LogP contribution in [0, 0.1) is 0 Å². The Hall–Kier alpha value is -2.22. The molecule has 0 aromatic rings. The largest absolute Gasteiger partial charge is 0.481 e. The van der Waals surface area contributed by atoms with Crippen LogP contribution in [-0.4, -0.2) is 45.3 Å². The van der Waals surface area contributed by atoms with E-state index >= 15 is 0 Å². The van der Waals surface area contributed by atoms with Gasteiger partial charge in [0.05, 0.1) is 6.42 Å². The lowest BCUT2D eigenvalue weighted by atomic mass is 10.3. The predicted octanol–water partition coefficient (Wildman–Crippen LogP) is -1.47. The van der Waals surface area contributed by atoms with Gasteiger partial charge in [-0.15, -0.1) is 0 Å². The predicted molar refractivity (Wildman–Crippen MR) is 46.1 cm³/mol. The first-order valence-corrected chi connectivity index (χ1v) is 3.89. The molecule has 16 heavy (non-hydrogen) atoms. The summed E-state index contributed by atoms with van der Waals surface area (Å²) in [6.45, 7) is 0. The molecule has 88 valence electrons. The molecule has 3 N–H and O–H groups in total. The fourth-order valence-electron chi connectivity index (χ4n) is 0.556. The summed E-state index contributed by atoms with van der Waals surface area (Å²) >= 11 is 0. The molecule has 1 heterocycles. The molecule has 1 unspecified atom stereocenters. The first-order chi connectivity index (χ1) is 7.32. The van der Waals surface area contributed by atoms with Crippen molar-refractivity contribution >= 4 is 23.9 Å². The van der Waals surface area contributed by atoms with Crippen LogP contribution in [0.4, 0.5) is 0 Å². The quantitative estimate of drug-likeness (QED) is 0.396. The normalized spacial score (nSPS) is 14.8. The third-order valence-electron chi connectivity index (χ3n) is 1.21. The Morgan fingerprint density at radius 1 is 1.19 bits per heavy atom. The molecule has 1 rings (SSSR count). The van der Waals surface area contributed by atoms with Crippen LogP contribution >= 0.6 is 0 Å². The molecule has 1 atom stereocenters. The number of rotatable bonds is 3. The van der Waals surface area contributed by atoms with E-state index in [4.69, 9.17) is 15.3 Å². The zero-order valence-corrected chi connectivity index (χ0v) is 7.82. The summed E-state index contributed by atoms with van der Waals surface area (Å²) in [5.41, 5.74) is 0. The van der Waals surface area contributed by atoms with E-state index in [9.17, 15) is 19.2 Å². The highest BCUT2D eigenvalue weighted by Gasteiger charge is 2.16. The van der Waals surface area contributed by atoms with Gasteiger partial charge in [0, 0.05) is 12.2 Å². The van der Waals surface area contributed by atoms with Crippen molar-refractivity contribution in [3.05, 3.63) is 12.2 Å². The highest BCUT2D eigenvalue weighted by Crippen LogP contribution is 1.92. The van der Waals surface area contributed by atoms with Crippen LogP contribution in [0.1, 0.15) is 6.42 Å². The van der Waals surface area contributed by atoms with Crippen LogP contribution in [0.3, 0.4) is 0 Å². The number of ether oxygens (including phenoxy) is 1. The minimum atomic E-state index is -1.79. The van der Waals surface area contributed by atoms with Gasteiger partial charge in [-0.05, 0) is 0 Å². The van der Waals surface area contributed by atoms with E-state index in [-0.39, 0.29) is 0 Å². The molecule has 0 saturated heterocycles. The standard InChI is InChI=1S/C4H6O5.C4H2O3/c5-2(4(8)9)1-3(6)7;5-3-1-2-4(6)7-3/h2,5H,1H2,(H,6,7)(H,8,9);1-2H. The van der Waals surface area contributed by atoms with Crippen LogP contribution < -0.4 is 0 Å². The molecule has 1 aliphatic rings. The van der Waals surface area contributed by atoms with Gasteiger partial charge in [-0.25, -0.2) is 14.4 Å². The minimum Gasteiger partial charge on any atom is -0.481 e. The number of hydrogen-bond acceptors (Lipinski definition) is 6. The Bertz CT molecular complexity index is 326. The summed E-state index contributed by atoms with van der Waals surface area (Å²) in [6, 6.07) is 0. The van der Waals surface area contributed by atoms with Crippen LogP contribution in [0.2, 0.25) is 0 Å². The second-order valence-corrected chi connectivity index (χ2v) is 2.53. The van der Waals surface area contributed by atoms with Crippen molar-refractivity contribution in [2.75, 3.05) is 0 Å². The molecule has 0 aliphatic carbocycles. The monoisotopic (exact) mass is 232 g/mol. The lowest BCUT2D eigenvalue weighted by Gasteiger charge is -1.97. The summed E-state index contributed by atoms with van der Waals surface area (Å²) < 4.78 is 3.97. The summed E-state index contributed by atoms with van der Waals surface area (Å²) in [5, 5.41) is 24.1. The molecule has 8 heteroatoms. The van der Waals surface area contributed by atoms with E-state index in [0.717, 1.165) is 12.2 Å². The number of aliphatic hydroxyl groups is 1. The molecule has 0 amide bonds. The molecule has 0 saturated carbocycles. The number of cyclic esters (lactones) is 2. The smallest absolute Gasteiger partial charge is 0.338 e. The van der Waals surface area contributed by atoms with Crippen molar-refractivity contribution in [1.82, 2.24) is 0 Å². The number of hydrogen-bond donors (Lipinski definition) is 3. The van der Waals surface area contributed by atoms with E-state index in [1.165, 1.54) is 0 Å². The fraction of sp³-hybridized carbons (Fsp3) is 0.250. The number of aliphatic hydroxyl groups excluding tert-OH is 1. The second kappa shape index (κ2) is 6.30. The van der Waals surface area contributed by atoms with E-state index in [2.05, 4.69) is 4.74 Å². The van der Waals surface area contributed by atoms with Crippen molar-refractivity contribution < 1.29 is 39.2 Å². The molecule has 0 fully saturated rings. The summed E-state index contributed by atoms with van der Waals surface area (Å²) in [4.78, 5) is 39.3. The van der Waals surface area contributed by atoms with Gasteiger partial charge in [-0.3, -0.25) is 4.79 Å². The molecule has 0 aromatic carbocycles. The number of carbonyl (C=O) groups is 4. The average molecular weight is 232 g/mol. The number of esters is 2. The van der Waals surface area contributed by atoms with Gasteiger partial charge < -0.3 is 20.1 Å². The number of carboxylic acids is 2. The maximum Gasteiger partial charge on any atom is 0.338 e. The second-order valence-electron chi connectivity index (χ2n) is 2.53. The molecule has 0 spiro atoms. The Labute approximate surface area is 88.7 Å².